The molecule has 1 aromatic heterocycles. The Morgan fingerprint density at radius 1 is 1.32 bits per heavy atom. The predicted molar refractivity (Wildman–Crippen MR) is 100 cm³/mol. The molecule has 2 aliphatic rings. The van der Waals surface area contributed by atoms with Gasteiger partial charge >= 0.3 is 12.1 Å². The molecule has 2 fully saturated rings. The van der Waals surface area contributed by atoms with Crippen molar-refractivity contribution in [1.82, 2.24) is 15.2 Å². The van der Waals surface area contributed by atoms with Crippen molar-refractivity contribution in [2.45, 2.75) is 24.6 Å². The molecule has 0 bridgehead atoms. The SMILES string of the molecule is COCC(=O)N1CC2(C1)OCCC2CCNC(=O)c1ccncc1.O=C(O)C(F)(F)F. The minimum Gasteiger partial charge on any atom is -0.475 e. The summed E-state index contributed by atoms with van der Waals surface area (Å²) in [6, 6.07) is 3.39. The summed E-state index contributed by atoms with van der Waals surface area (Å²) in [4.78, 5) is 38.4. The Balaban J connectivity index is 0.000000423. The van der Waals surface area contributed by atoms with Crippen LogP contribution in [0.4, 0.5) is 13.2 Å². The number of ether oxygens (including phenoxy) is 2. The van der Waals surface area contributed by atoms with Crippen LogP contribution in [0.5, 0.6) is 0 Å². The Bertz CT molecular complexity index is 769. The lowest BCUT2D eigenvalue weighted by atomic mass is 9.79. The molecule has 1 spiro atoms. The lowest BCUT2D eigenvalue weighted by Gasteiger charge is -2.50. The van der Waals surface area contributed by atoms with Crippen LogP contribution in [0.25, 0.3) is 0 Å². The van der Waals surface area contributed by atoms with Crippen LogP contribution in [-0.2, 0) is 19.1 Å². The second-order valence-corrected chi connectivity index (χ2v) is 7.17. The second kappa shape index (κ2) is 10.5. The first-order valence-corrected chi connectivity index (χ1v) is 9.48. The highest BCUT2D eigenvalue weighted by atomic mass is 19.4. The molecule has 0 aliphatic carbocycles. The maximum absolute atomic E-state index is 12.0. The van der Waals surface area contributed by atoms with E-state index in [9.17, 15) is 22.8 Å². The van der Waals surface area contributed by atoms with Crippen molar-refractivity contribution in [3.8, 4) is 0 Å². The summed E-state index contributed by atoms with van der Waals surface area (Å²) in [6.45, 7) is 2.68. The first-order chi connectivity index (χ1) is 14.6. The number of likely N-dealkylation sites (tertiary alicyclic amines) is 1. The molecule has 2 saturated heterocycles. The van der Waals surface area contributed by atoms with Crippen molar-refractivity contribution < 1.29 is 42.1 Å². The smallest absolute Gasteiger partial charge is 0.475 e. The molecule has 1 atom stereocenters. The van der Waals surface area contributed by atoms with Gasteiger partial charge in [0.2, 0.25) is 5.91 Å². The quantitative estimate of drug-likeness (QED) is 0.671. The highest BCUT2D eigenvalue weighted by molar-refractivity contribution is 5.93. The number of carbonyl (C=O) groups excluding carboxylic acids is 2. The van der Waals surface area contributed by atoms with E-state index in [0.717, 1.165) is 19.4 Å². The van der Waals surface area contributed by atoms with Crippen molar-refractivity contribution in [3.05, 3.63) is 30.1 Å². The molecule has 0 aromatic carbocycles. The maximum Gasteiger partial charge on any atom is 0.490 e. The number of nitrogens with one attached hydrogen (secondary N) is 1. The number of hydrogen-bond donors (Lipinski definition) is 2. The number of alkyl halides is 3. The molecule has 3 rings (SSSR count). The molecule has 2 aliphatic heterocycles. The molecule has 12 heteroatoms. The van der Waals surface area contributed by atoms with E-state index in [1.807, 2.05) is 0 Å². The lowest BCUT2D eigenvalue weighted by molar-refractivity contribution is -0.192. The number of hydrogen-bond acceptors (Lipinski definition) is 6. The number of carboxylic acids is 1. The van der Waals surface area contributed by atoms with Crippen molar-refractivity contribution in [3.63, 3.8) is 0 Å². The fourth-order valence-electron chi connectivity index (χ4n) is 3.50. The van der Waals surface area contributed by atoms with Gasteiger partial charge < -0.3 is 24.8 Å². The van der Waals surface area contributed by atoms with E-state index in [1.165, 1.54) is 7.11 Å². The monoisotopic (exact) mass is 447 g/mol. The van der Waals surface area contributed by atoms with Gasteiger partial charge in [-0.2, -0.15) is 13.2 Å². The molecule has 31 heavy (non-hydrogen) atoms. The molecular formula is C19H24F3N3O6. The highest BCUT2D eigenvalue weighted by Crippen LogP contribution is 2.41. The normalized spacial score (nSPS) is 19.2. The molecule has 3 heterocycles. The first kappa shape index (κ1) is 24.5. The minimum absolute atomic E-state index is 0.00312. The zero-order valence-corrected chi connectivity index (χ0v) is 16.9. The Morgan fingerprint density at radius 2 is 1.94 bits per heavy atom. The second-order valence-electron chi connectivity index (χ2n) is 7.17. The number of halogens is 3. The zero-order chi connectivity index (χ0) is 23.1. The van der Waals surface area contributed by atoms with E-state index in [2.05, 4.69) is 10.3 Å². The molecule has 2 N–H and O–H groups in total. The fraction of sp³-hybridized carbons (Fsp3) is 0.579. The van der Waals surface area contributed by atoms with Crippen LogP contribution < -0.4 is 5.32 Å². The number of aromatic nitrogens is 1. The van der Waals surface area contributed by atoms with Crippen LogP contribution in [0.1, 0.15) is 23.2 Å². The number of methoxy groups -OCH3 is 1. The van der Waals surface area contributed by atoms with E-state index >= 15 is 0 Å². The van der Waals surface area contributed by atoms with Crippen LogP contribution in [0, 0.1) is 5.92 Å². The van der Waals surface area contributed by atoms with Crippen LogP contribution in [-0.4, -0.2) is 84.5 Å². The van der Waals surface area contributed by atoms with Gasteiger partial charge in [-0.25, -0.2) is 4.79 Å². The van der Waals surface area contributed by atoms with Gasteiger partial charge in [0.15, 0.2) is 0 Å². The number of pyridine rings is 1. The summed E-state index contributed by atoms with van der Waals surface area (Å²) in [5, 5.41) is 10.1. The molecule has 1 unspecified atom stereocenters. The van der Waals surface area contributed by atoms with Crippen molar-refractivity contribution >= 4 is 17.8 Å². The largest absolute Gasteiger partial charge is 0.490 e. The number of aliphatic carboxylic acids is 1. The summed E-state index contributed by atoms with van der Waals surface area (Å²) >= 11 is 0. The van der Waals surface area contributed by atoms with Gasteiger partial charge in [0, 0.05) is 38.2 Å². The van der Waals surface area contributed by atoms with Crippen LogP contribution in [0.15, 0.2) is 24.5 Å². The van der Waals surface area contributed by atoms with E-state index in [4.69, 9.17) is 19.4 Å². The predicted octanol–water partition coefficient (Wildman–Crippen LogP) is 1.10. The van der Waals surface area contributed by atoms with Gasteiger partial charge in [0.1, 0.15) is 12.2 Å². The van der Waals surface area contributed by atoms with Crippen LogP contribution in [0.2, 0.25) is 0 Å². The lowest BCUT2D eigenvalue weighted by Crippen LogP contribution is -2.66. The van der Waals surface area contributed by atoms with Gasteiger partial charge in [-0.1, -0.05) is 0 Å². The summed E-state index contributed by atoms with van der Waals surface area (Å²) in [5.41, 5.74) is 0.382. The number of amides is 2. The van der Waals surface area contributed by atoms with Gasteiger partial charge in [-0.15, -0.1) is 0 Å². The van der Waals surface area contributed by atoms with E-state index in [0.29, 0.717) is 31.1 Å². The van der Waals surface area contributed by atoms with Crippen molar-refractivity contribution in [2.24, 2.45) is 5.92 Å². The summed E-state index contributed by atoms with van der Waals surface area (Å²) in [6.07, 6.45) is -0.0516. The molecule has 9 nitrogen and oxygen atoms in total. The Hall–Kier alpha value is -2.73. The van der Waals surface area contributed by atoms with Gasteiger partial charge in [0.25, 0.3) is 5.91 Å². The van der Waals surface area contributed by atoms with E-state index in [1.54, 1.807) is 29.4 Å². The van der Waals surface area contributed by atoms with Crippen LogP contribution in [0.3, 0.4) is 0 Å². The van der Waals surface area contributed by atoms with E-state index < -0.39 is 12.1 Å². The molecule has 0 radical (unpaired) electrons. The fourth-order valence-corrected chi connectivity index (χ4v) is 3.50. The topological polar surface area (TPSA) is 118 Å². The standard InChI is InChI=1S/C17H23N3O4.C2HF3O2/c1-23-10-15(21)20-11-17(12-20)14(5-9-24-17)4-8-19-16(22)13-2-6-18-7-3-13;3-2(4,5)1(6)7/h2-3,6-7,14H,4-5,8-12H2,1H3,(H,19,22);(H,6,7). The maximum atomic E-state index is 12.0. The molecule has 0 saturated carbocycles. The third kappa shape index (κ3) is 6.62. The number of nitrogens with zero attached hydrogens (tertiary/aromatic N) is 2. The van der Waals surface area contributed by atoms with Crippen molar-refractivity contribution in [1.29, 1.82) is 0 Å². The van der Waals surface area contributed by atoms with Gasteiger partial charge in [0.05, 0.1) is 13.1 Å². The third-order valence-electron chi connectivity index (χ3n) is 5.10. The van der Waals surface area contributed by atoms with E-state index in [-0.39, 0.29) is 24.0 Å². The third-order valence-corrected chi connectivity index (χ3v) is 5.10. The first-order valence-electron chi connectivity index (χ1n) is 9.48. The minimum atomic E-state index is -5.08. The average molecular weight is 447 g/mol. The van der Waals surface area contributed by atoms with Crippen molar-refractivity contribution in [2.75, 3.05) is 40.0 Å². The molecular weight excluding hydrogens is 423 g/mol. The summed E-state index contributed by atoms with van der Waals surface area (Å²) < 4.78 is 42.6. The Labute approximate surface area is 176 Å². The average Bonchev–Trinajstić information content (AvgIpc) is 3.11. The summed E-state index contributed by atoms with van der Waals surface area (Å²) in [5.74, 6) is -2.48. The summed E-state index contributed by atoms with van der Waals surface area (Å²) in [7, 11) is 1.52. The zero-order valence-electron chi connectivity index (χ0n) is 16.9. The van der Waals surface area contributed by atoms with Gasteiger partial charge in [-0.3, -0.25) is 14.6 Å². The Kier molecular flexibility index (Phi) is 8.34. The number of carbonyl (C=O) groups is 3. The highest BCUT2D eigenvalue weighted by Gasteiger charge is 2.53. The molecule has 172 valence electrons. The van der Waals surface area contributed by atoms with Crippen LogP contribution >= 0.6 is 0 Å². The molecule has 1 aromatic rings. The number of carboxylic acid groups (broad SMARTS) is 1. The van der Waals surface area contributed by atoms with Gasteiger partial charge in [-0.05, 0) is 30.9 Å². The molecule has 2 amide bonds. The Morgan fingerprint density at radius 3 is 2.48 bits per heavy atom. The number of rotatable bonds is 6.